The number of sulfone groups is 1. The van der Waals surface area contributed by atoms with Crippen molar-refractivity contribution in [2.24, 2.45) is 0 Å². The summed E-state index contributed by atoms with van der Waals surface area (Å²) in [7, 11) is -3.58. The van der Waals surface area contributed by atoms with Gasteiger partial charge >= 0.3 is 0 Å². The summed E-state index contributed by atoms with van der Waals surface area (Å²) in [5.41, 5.74) is 3.35. The molecule has 3 aromatic rings. The molecule has 2 aromatic heterocycles. The topological polar surface area (TPSA) is 118 Å². The molecule has 1 aromatic carbocycles. The van der Waals surface area contributed by atoms with Gasteiger partial charge in [-0.15, -0.1) is 0 Å². The molecule has 0 saturated heterocycles. The van der Waals surface area contributed by atoms with Crippen molar-refractivity contribution in [1.29, 1.82) is 5.26 Å². The smallest absolute Gasteiger partial charge is 0.268 e. The predicted molar refractivity (Wildman–Crippen MR) is 118 cm³/mol. The molecule has 0 atom stereocenters. The van der Waals surface area contributed by atoms with E-state index in [4.69, 9.17) is 0 Å². The molecule has 0 bridgehead atoms. The average Bonchev–Trinajstić information content (AvgIpc) is 3.25. The molecule has 0 aliphatic rings. The first-order valence-corrected chi connectivity index (χ1v) is 12.0. The number of halogens is 1. The van der Waals surface area contributed by atoms with Gasteiger partial charge in [-0.05, 0) is 55.8 Å². The van der Waals surface area contributed by atoms with Crippen LogP contribution in [-0.2, 0) is 14.6 Å². The van der Waals surface area contributed by atoms with E-state index in [0.717, 1.165) is 44.9 Å². The van der Waals surface area contributed by atoms with Crippen molar-refractivity contribution < 1.29 is 13.2 Å². The molecule has 1 amide bonds. The van der Waals surface area contributed by atoms with Gasteiger partial charge in [-0.3, -0.25) is 10.1 Å². The maximum Gasteiger partial charge on any atom is 0.268 e. The number of anilines is 1. The maximum atomic E-state index is 12.5. The van der Waals surface area contributed by atoms with Gasteiger partial charge in [-0.1, -0.05) is 15.9 Å². The van der Waals surface area contributed by atoms with E-state index in [1.807, 2.05) is 54.8 Å². The Balaban J connectivity index is 1.90. The number of aromatic nitrogens is 3. The van der Waals surface area contributed by atoms with Crippen LogP contribution in [0.3, 0.4) is 0 Å². The highest BCUT2D eigenvalue weighted by molar-refractivity contribution is 9.10. The number of nitriles is 1. The summed E-state index contributed by atoms with van der Waals surface area (Å²) in [6, 6.07) is 11.6. The number of carbonyl (C=O) groups is 1. The Bertz CT molecular complexity index is 1300. The Morgan fingerprint density at radius 2 is 1.97 bits per heavy atom. The fraction of sp³-hybridized carbons (Fsp3) is 0.158. The average molecular weight is 506 g/mol. The van der Waals surface area contributed by atoms with E-state index in [1.165, 1.54) is 6.08 Å². The molecular weight excluding hydrogens is 490 g/mol. The lowest BCUT2D eigenvalue weighted by Crippen LogP contribution is -2.13. The van der Waals surface area contributed by atoms with Gasteiger partial charge in [0, 0.05) is 39.3 Å². The fourth-order valence-electron chi connectivity index (χ4n) is 2.80. The van der Waals surface area contributed by atoms with Crippen LogP contribution in [-0.4, -0.2) is 34.5 Å². The first kappa shape index (κ1) is 21.9. The number of carbonyl (C=O) groups excluding carboxylic acids is 1. The quantitative estimate of drug-likeness (QED) is 0.417. The molecule has 2 heterocycles. The lowest BCUT2D eigenvalue weighted by Gasteiger charge is -2.09. The van der Waals surface area contributed by atoms with E-state index < -0.39 is 15.7 Å². The summed E-state index contributed by atoms with van der Waals surface area (Å²) in [5.74, 6) is -0.692. The predicted octanol–water partition coefficient (Wildman–Crippen LogP) is 3.66. The standard InChI is InChI=1S/C19H16BrN5O3S2/c1-11-8-13(12(2)25(11)16-6-4-15(20)5-7-16)9-14(10-21)17(26)22-18-23-19(24-29-18)30(3,27)28/h4-9H,1-3H3,(H,22,23,24,26). The maximum absolute atomic E-state index is 12.5. The van der Waals surface area contributed by atoms with Gasteiger partial charge in [0.2, 0.25) is 15.0 Å². The molecule has 0 aliphatic heterocycles. The third-order valence-corrected chi connectivity index (χ3v) is 6.30. The van der Waals surface area contributed by atoms with Crippen LogP contribution >= 0.6 is 27.5 Å². The highest BCUT2D eigenvalue weighted by Gasteiger charge is 2.18. The second kappa shape index (κ2) is 8.51. The van der Waals surface area contributed by atoms with E-state index in [9.17, 15) is 18.5 Å². The third kappa shape index (κ3) is 4.67. The van der Waals surface area contributed by atoms with Gasteiger partial charge in [-0.25, -0.2) is 8.42 Å². The van der Waals surface area contributed by atoms with Crippen molar-refractivity contribution in [3.05, 3.63) is 57.3 Å². The number of nitrogens with zero attached hydrogens (tertiary/aromatic N) is 4. The summed E-state index contributed by atoms with van der Waals surface area (Å²) in [6.45, 7) is 3.84. The normalized spacial score (nSPS) is 11.9. The molecule has 154 valence electrons. The summed E-state index contributed by atoms with van der Waals surface area (Å²) in [5, 5.41) is 11.5. The Labute approximate surface area is 186 Å². The number of rotatable bonds is 5. The van der Waals surface area contributed by atoms with Crippen molar-refractivity contribution >= 4 is 54.4 Å². The lowest BCUT2D eigenvalue weighted by atomic mass is 10.1. The van der Waals surface area contributed by atoms with Gasteiger partial charge in [0.05, 0.1) is 0 Å². The molecular formula is C19H16BrN5O3S2. The van der Waals surface area contributed by atoms with Crippen LogP contribution in [0.5, 0.6) is 0 Å². The van der Waals surface area contributed by atoms with E-state index >= 15 is 0 Å². The second-order valence-corrected chi connectivity index (χ2v) is 9.99. The summed E-state index contributed by atoms with van der Waals surface area (Å²) >= 11 is 4.15. The Morgan fingerprint density at radius 3 is 2.53 bits per heavy atom. The zero-order chi connectivity index (χ0) is 22.1. The Kier molecular flexibility index (Phi) is 6.21. The van der Waals surface area contributed by atoms with Crippen LogP contribution in [0.2, 0.25) is 0 Å². The second-order valence-electron chi connectivity index (χ2n) is 6.42. The van der Waals surface area contributed by atoms with Crippen LogP contribution in [0.15, 0.2) is 45.5 Å². The summed E-state index contributed by atoms with van der Waals surface area (Å²) < 4.78 is 29.6. The highest BCUT2D eigenvalue weighted by Crippen LogP contribution is 2.24. The summed E-state index contributed by atoms with van der Waals surface area (Å²) in [6.07, 6.45) is 2.47. The van der Waals surface area contributed by atoms with E-state index in [2.05, 4.69) is 30.6 Å². The van der Waals surface area contributed by atoms with Gasteiger partial charge < -0.3 is 4.57 Å². The first-order chi connectivity index (χ1) is 14.1. The first-order valence-electron chi connectivity index (χ1n) is 8.52. The molecule has 8 nitrogen and oxygen atoms in total. The molecule has 0 saturated carbocycles. The largest absolute Gasteiger partial charge is 0.318 e. The SMILES string of the molecule is Cc1cc(C=C(C#N)C(=O)Nc2nc(S(C)(=O)=O)ns2)c(C)n1-c1ccc(Br)cc1. The Morgan fingerprint density at radius 1 is 1.30 bits per heavy atom. The molecule has 1 N–H and O–H groups in total. The van der Waals surface area contributed by atoms with Crippen LogP contribution in [0.4, 0.5) is 5.13 Å². The molecule has 3 rings (SSSR count). The van der Waals surface area contributed by atoms with Gasteiger partial charge in [0.15, 0.2) is 0 Å². The minimum Gasteiger partial charge on any atom is -0.318 e. The molecule has 0 fully saturated rings. The molecule has 0 aliphatic carbocycles. The number of aryl methyl sites for hydroxylation is 1. The van der Waals surface area contributed by atoms with Crippen molar-refractivity contribution in [1.82, 2.24) is 13.9 Å². The zero-order valence-electron chi connectivity index (χ0n) is 16.2. The molecule has 30 heavy (non-hydrogen) atoms. The van der Waals surface area contributed by atoms with E-state index in [-0.39, 0.29) is 15.9 Å². The van der Waals surface area contributed by atoms with Crippen LogP contribution in [0, 0.1) is 25.2 Å². The minimum atomic E-state index is -3.58. The summed E-state index contributed by atoms with van der Waals surface area (Å²) in [4.78, 5) is 16.3. The number of hydrogen-bond donors (Lipinski definition) is 1. The fourth-order valence-corrected chi connectivity index (χ4v) is 4.50. The van der Waals surface area contributed by atoms with E-state index in [1.54, 1.807) is 0 Å². The number of benzene rings is 1. The van der Waals surface area contributed by atoms with E-state index in [0.29, 0.717) is 0 Å². The van der Waals surface area contributed by atoms with Gasteiger partial charge in [-0.2, -0.15) is 14.6 Å². The zero-order valence-corrected chi connectivity index (χ0v) is 19.4. The number of nitrogens with one attached hydrogen (secondary N) is 1. The van der Waals surface area contributed by atoms with Crippen molar-refractivity contribution in [3.63, 3.8) is 0 Å². The number of hydrogen-bond acceptors (Lipinski definition) is 7. The van der Waals surface area contributed by atoms with Crippen molar-refractivity contribution in [2.45, 2.75) is 19.0 Å². The highest BCUT2D eigenvalue weighted by atomic mass is 79.9. The number of amides is 1. The molecule has 11 heteroatoms. The van der Waals surface area contributed by atoms with Crippen LogP contribution < -0.4 is 5.32 Å². The van der Waals surface area contributed by atoms with Crippen molar-refractivity contribution in [2.75, 3.05) is 11.6 Å². The lowest BCUT2D eigenvalue weighted by molar-refractivity contribution is -0.112. The Hall–Kier alpha value is -2.81. The minimum absolute atomic E-state index is 0.00177. The molecule has 0 unspecified atom stereocenters. The van der Waals surface area contributed by atoms with Crippen LogP contribution in [0.25, 0.3) is 11.8 Å². The molecule has 0 spiro atoms. The van der Waals surface area contributed by atoms with Gasteiger partial charge in [0.1, 0.15) is 11.6 Å². The molecule has 0 radical (unpaired) electrons. The monoisotopic (exact) mass is 505 g/mol. The van der Waals surface area contributed by atoms with Gasteiger partial charge in [0.25, 0.3) is 11.1 Å². The third-order valence-electron chi connectivity index (χ3n) is 4.18. The van der Waals surface area contributed by atoms with Crippen LogP contribution in [0.1, 0.15) is 17.0 Å². The van der Waals surface area contributed by atoms with Crippen molar-refractivity contribution in [3.8, 4) is 11.8 Å².